The van der Waals surface area contributed by atoms with Gasteiger partial charge in [-0.2, -0.15) is 4.31 Å². The first kappa shape index (κ1) is 16.4. The molecule has 1 aromatic heterocycles. The molecule has 8 heteroatoms. The van der Waals surface area contributed by atoms with Crippen LogP contribution in [0.5, 0.6) is 0 Å². The van der Waals surface area contributed by atoms with Crippen molar-refractivity contribution >= 4 is 22.4 Å². The Kier molecular flexibility index (Phi) is 5.37. The van der Waals surface area contributed by atoms with Crippen molar-refractivity contribution in [1.29, 1.82) is 0 Å². The molecular formula is C11H21ClN4O2S. The Morgan fingerprint density at radius 1 is 1.58 bits per heavy atom. The fourth-order valence-corrected chi connectivity index (χ4v) is 3.63. The van der Waals surface area contributed by atoms with Crippen molar-refractivity contribution in [2.24, 2.45) is 11.7 Å². The highest BCUT2D eigenvalue weighted by atomic mass is 35.5. The fourth-order valence-electron chi connectivity index (χ4n) is 2.18. The minimum absolute atomic E-state index is 0. The number of hydrogen-bond acceptors (Lipinski definition) is 4. The van der Waals surface area contributed by atoms with Gasteiger partial charge >= 0.3 is 0 Å². The van der Waals surface area contributed by atoms with Crippen molar-refractivity contribution in [2.45, 2.75) is 37.9 Å². The third kappa shape index (κ3) is 3.28. The van der Waals surface area contributed by atoms with E-state index in [2.05, 4.69) is 4.98 Å². The average molecular weight is 309 g/mol. The van der Waals surface area contributed by atoms with Gasteiger partial charge in [0.25, 0.3) is 10.0 Å². The number of imidazole rings is 1. The summed E-state index contributed by atoms with van der Waals surface area (Å²) in [4.78, 5) is 3.98. The summed E-state index contributed by atoms with van der Waals surface area (Å²) >= 11 is 0. The molecule has 0 aromatic carbocycles. The lowest BCUT2D eigenvalue weighted by Crippen LogP contribution is -2.33. The van der Waals surface area contributed by atoms with E-state index in [0.717, 1.165) is 6.42 Å². The molecule has 0 aliphatic carbocycles. The number of nitrogens with zero attached hydrogens (tertiary/aromatic N) is 3. The van der Waals surface area contributed by atoms with Gasteiger partial charge in [-0.05, 0) is 26.2 Å². The topological polar surface area (TPSA) is 81.2 Å². The lowest BCUT2D eigenvalue weighted by atomic mass is 10.0. The van der Waals surface area contributed by atoms with E-state index >= 15 is 0 Å². The van der Waals surface area contributed by atoms with E-state index in [0.29, 0.717) is 19.6 Å². The lowest BCUT2D eigenvalue weighted by Gasteiger charge is -2.16. The number of sulfonamides is 1. The van der Waals surface area contributed by atoms with E-state index < -0.39 is 10.0 Å². The third-order valence-corrected chi connectivity index (χ3v) is 5.26. The molecule has 1 fully saturated rings. The molecule has 1 saturated heterocycles. The fraction of sp³-hybridized carbons (Fsp3) is 0.727. The molecule has 2 rings (SSSR count). The molecule has 2 N–H and O–H groups in total. The van der Waals surface area contributed by atoms with Crippen LogP contribution in [0.2, 0.25) is 0 Å². The Balaban J connectivity index is 0.00000180. The van der Waals surface area contributed by atoms with Gasteiger partial charge in [-0.1, -0.05) is 0 Å². The van der Waals surface area contributed by atoms with Gasteiger partial charge in [0.15, 0.2) is 5.03 Å². The molecule has 19 heavy (non-hydrogen) atoms. The second kappa shape index (κ2) is 6.21. The maximum Gasteiger partial charge on any atom is 0.262 e. The summed E-state index contributed by atoms with van der Waals surface area (Å²) < 4.78 is 27.9. The van der Waals surface area contributed by atoms with Crippen molar-refractivity contribution in [3.8, 4) is 0 Å². The second-order valence-electron chi connectivity index (χ2n) is 4.81. The maximum atomic E-state index is 12.3. The van der Waals surface area contributed by atoms with Crippen LogP contribution in [0.4, 0.5) is 0 Å². The van der Waals surface area contributed by atoms with Crippen molar-refractivity contribution in [3.63, 3.8) is 0 Å². The van der Waals surface area contributed by atoms with E-state index in [-0.39, 0.29) is 29.4 Å². The van der Waals surface area contributed by atoms with E-state index in [9.17, 15) is 8.42 Å². The number of rotatable bonds is 4. The van der Waals surface area contributed by atoms with Crippen LogP contribution in [-0.4, -0.2) is 41.4 Å². The summed E-state index contributed by atoms with van der Waals surface area (Å²) in [6.45, 7) is 5.62. The van der Waals surface area contributed by atoms with E-state index in [1.807, 2.05) is 13.8 Å². The van der Waals surface area contributed by atoms with Crippen molar-refractivity contribution in [1.82, 2.24) is 13.9 Å². The standard InChI is InChI=1S/C11H20N4O2S.ClH/c1-3-14-7-11(13-8-14)18(16,17)15-5-4-10(6-15)9(2)12;/h7-10H,3-6,12H2,1-2H3;1H. The highest BCUT2D eigenvalue weighted by Gasteiger charge is 2.35. The molecule has 0 bridgehead atoms. The Morgan fingerprint density at radius 3 is 2.74 bits per heavy atom. The summed E-state index contributed by atoms with van der Waals surface area (Å²) in [7, 11) is -3.45. The molecule has 2 heterocycles. The average Bonchev–Trinajstić information content (AvgIpc) is 2.98. The summed E-state index contributed by atoms with van der Waals surface area (Å²) in [6, 6.07) is 0.0263. The molecule has 1 aliphatic heterocycles. The van der Waals surface area contributed by atoms with Crippen molar-refractivity contribution in [2.75, 3.05) is 13.1 Å². The molecule has 1 aromatic rings. The minimum atomic E-state index is -3.45. The molecule has 0 saturated carbocycles. The van der Waals surface area contributed by atoms with E-state index in [1.165, 1.54) is 4.31 Å². The highest BCUT2D eigenvalue weighted by molar-refractivity contribution is 7.89. The highest BCUT2D eigenvalue weighted by Crippen LogP contribution is 2.24. The molecule has 2 atom stereocenters. The van der Waals surface area contributed by atoms with Gasteiger partial charge in [-0.15, -0.1) is 12.4 Å². The Bertz CT molecular complexity index is 515. The van der Waals surface area contributed by atoms with Crippen molar-refractivity contribution in [3.05, 3.63) is 12.5 Å². The molecule has 1 aliphatic rings. The molecule has 0 radical (unpaired) electrons. The molecule has 110 valence electrons. The quantitative estimate of drug-likeness (QED) is 0.887. The Hall–Kier alpha value is -0.630. The third-order valence-electron chi connectivity index (χ3n) is 3.51. The van der Waals surface area contributed by atoms with Crippen LogP contribution in [0.3, 0.4) is 0 Å². The summed E-state index contributed by atoms with van der Waals surface area (Å²) in [6.07, 6.45) is 3.95. The first-order valence-corrected chi connectivity index (χ1v) is 7.66. The Morgan fingerprint density at radius 2 is 2.26 bits per heavy atom. The van der Waals surface area contributed by atoms with Crippen LogP contribution in [0, 0.1) is 5.92 Å². The second-order valence-corrected chi connectivity index (χ2v) is 6.70. The summed E-state index contributed by atoms with van der Waals surface area (Å²) in [5.41, 5.74) is 5.83. The van der Waals surface area contributed by atoms with Crippen LogP contribution >= 0.6 is 12.4 Å². The first-order chi connectivity index (χ1) is 8.45. The van der Waals surface area contributed by atoms with Gasteiger partial charge < -0.3 is 10.3 Å². The van der Waals surface area contributed by atoms with Crippen LogP contribution in [0.15, 0.2) is 17.6 Å². The SMILES string of the molecule is CCn1cnc(S(=O)(=O)N2CCC(C(C)N)C2)c1.Cl. The predicted molar refractivity (Wildman–Crippen MR) is 75.7 cm³/mol. The normalized spacial score (nSPS) is 22.2. The summed E-state index contributed by atoms with van der Waals surface area (Å²) in [5, 5.41) is 0.134. The number of aryl methyl sites for hydroxylation is 1. The number of aromatic nitrogens is 2. The predicted octanol–water partition coefficient (Wildman–Crippen LogP) is 0.683. The van der Waals surface area contributed by atoms with Gasteiger partial charge in [-0.3, -0.25) is 0 Å². The van der Waals surface area contributed by atoms with Gasteiger partial charge in [0, 0.05) is 31.9 Å². The van der Waals surface area contributed by atoms with E-state index in [1.54, 1.807) is 17.1 Å². The smallest absolute Gasteiger partial charge is 0.262 e. The molecule has 6 nitrogen and oxygen atoms in total. The molecule has 0 amide bonds. The van der Waals surface area contributed by atoms with Gasteiger partial charge in [-0.25, -0.2) is 13.4 Å². The van der Waals surface area contributed by atoms with Gasteiger partial charge in [0.05, 0.1) is 6.33 Å². The molecule has 2 unspecified atom stereocenters. The number of halogens is 1. The van der Waals surface area contributed by atoms with Crippen molar-refractivity contribution < 1.29 is 8.42 Å². The molecule has 0 spiro atoms. The zero-order chi connectivity index (χ0) is 13.3. The summed E-state index contributed by atoms with van der Waals surface area (Å²) in [5.74, 6) is 0.244. The largest absolute Gasteiger partial charge is 0.336 e. The zero-order valence-electron chi connectivity index (χ0n) is 11.2. The van der Waals surface area contributed by atoms with E-state index in [4.69, 9.17) is 5.73 Å². The van der Waals surface area contributed by atoms with Crippen LogP contribution < -0.4 is 5.73 Å². The first-order valence-electron chi connectivity index (χ1n) is 6.22. The lowest BCUT2D eigenvalue weighted by molar-refractivity contribution is 0.427. The van der Waals surface area contributed by atoms with Crippen LogP contribution in [0.1, 0.15) is 20.3 Å². The monoisotopic (exact) mass is 308 g/mol. The minimum Gasteiger partial charge on any atom is -0.336 e. The van der Waals surface area contributed by atoms with Gasteiger partial charge in [0.2, 0.25) is 0 Å². The Labute approximate surface area is 120 Å². The van der Waals surface area contributed by atoms with Crippen LogP contribution in [-0.2, 0) is 16.6 Å². The number of nitrogens with two attached hydrogens (primary N) is 1. The molecular weight excluding hydrogens is 288 g/mol. The van der Waals surface area contributed by atoms with Crippen LogP contribution in [0.25, 0.3) is 0 Å². The van der Waals surface area contributed by atoms with Gasteiger partial charge in [0.1, 0.15) is 0 Å². The zero-order valence-corrected chi connectivity index (χ0v) is 12.8. The number of hydrogen-bond donors (Lipinski definition) is 1. The maximum absolute atomic E-state index is 12.3.